The van der Waals surface area contributed by atoms with Crippen molar-refractivity contribution in [1.29, 1.82) is 0 Å². The molecule has 0 radical (unpaired) electrons. The van der Waals surface area contributed by atoms with Gasteiger partial charge in [-0.2, -0.15) is 0 Å². The van der Waals surface area contributed by atoms with Crippen molar-refractivity contribution in [1.82, 2.24) is 4.90 Å². The van der Waals surface area contributed by atoms with Gasteiger partial charge in [-0.25, -0.2) is 0 Å². The van der Waals surface area contributed by atoms with E-state index in [0.29, 0.717) is 12.0 Å². The third-order valence-electron chi connectivity index (χ3n) is 5.39. The standard InChI is InChI=1S/C19H26N2O4/c1-24-15-9-7-14(8-10-15)20-18(22)12-21-16-6-4-3-5-13(16)11-17(21)19(23)25-2/h7-10,13,16-17H,3-6,11-12H2,1-2H3,(H,20,22)/t13-,16-,17-/m0/s1. The first-order valence-electron chi connectivity index (χ1n) is 8.90. The number of hydrogen-bond donors (Lipinski definition) is 1. The van der Waals surface area contributed by atoms with Crippen molar-refractivity contribution in [3.05, 3.63) is 24.3 Å². The van der Waals surface area contributed by atoms with Crippen molar-refractivity contribution in [2.24, 2.45) is 5.92 Å². The van der Waals surface area contributed by atoms with Crippen molar-refractivity contribution in [2.45, 2.75) is 44.2 Å². The molecule has 3 rings (SSSR count). The summed E-state index contributed by atoms with van der Waals surface area (Å²) in [5.41, 5.74) is 0.722. The van der Waals surface area contributed by atoms with Crippen LogP contribution in [0.5, 0.6) is 5.75 Å². The lowest BCUT2D eigenvalue weighted by molar-refractivity contribution is -0.146. The van der Waals surface area contributed by atoms with Crippen molar-refractivity contribution < 1.29 is 19.1 Å². The molecular weight excluding hydrogens is 320 g/mol. The second-order valence-corrected chi connectivity index (χ2v) is 6.84. The summed E-state index contributed by atoms with van der Waals surface area (Å²) in [5.74, 6) is 0.900. The molecule has 1 aliphatic heterocycles. The first-order chi connectivity index (χ1) is 12.1. The number of hydrogen-bond acceptors (Lipinski definition) is 5. The van der Waals surface area contributed by atoms with E-state index >= 15 is 0 Å². The molecule has 1 amide bonds. The Kier molecular flexibility index (Phi) is 5.58. The van der Waals surface area contributed by atoms with Gasteiger partial charge in [0.25, 0.3) is 0 Å². The second kappa shape index (κ2) is 7.87. The van der Waals surface area contributed by atoms with Gasteiger partial charge in [0.2, 0.25) is 5.91 Å². The minimum absolute atomic E-state index is 0.106. The first-order valence-corrected chi connectivity index (χ1v) is 8.90. The summed E-state index contributed by atoms with van der Waals surface area (Å²) < 4.78 is 10.1. The van der Waals surface area contributed by atoms with Crippen LogP contribution in [0.1, 0.15) is 32.1 Å². The van der Waals surface area contributed by atoms with Crippen LogP contribution in [0.4, 0.5) is 5.69 Å². The van der Waals surface area contributed by atoms with Crippen molar-refractivity contribution in [2.75, 3.05) is 26.1 Å². The number of rotatable bonds is 5. The zero-order valence-electron chi connectivity index (χ0n) is 14.9. The minimum Gasteiger partial charge on any atom is -0.497 e. The van der Waals surface area contributed by atoms with Crippen LogP contribution in [0.15, 0.2) is 24.3 Å². The summed E-state index contributed by atoms with van der Waals surface area (Å²) in [6, 6.07) is 7.23. The van der Waals surface area contributed by atoms with E-state index in [1.165, 1.54) is 13.5 Å². The molecule has 3 atom stereocenters. The van der Waals surface area contributed by atoms with Gasteiger partial charge in [0, 0.05) is 11.7 Å². The van der Waals surface area contributed by atoms with E-state index in [9.17, 15) is 9.59 Å². The Balaban J connectivity index is 1.66. The molecule has 25 heavy (non-hydrogen) atoms. The number of esters is 1. The number of likely N-dealkylation sites (tertiary alicyclic amines) is 1. The van der Waals surface area contributed by atoms with E-state index in [1.54, 1.807) is 19.2 Å². The predicted molar refractivity (Wildman–Crippen MR) is 94.5 cm³/mol. The number of anilines is 1. The molecule has 136 valence electrons. The van der Waals surface area contributed by atoms with E-state index in [0.717, 1.165) is 37.1 Å². The second-order valence-electron chi connectivity index (χ2n) is 6.84. The number of carbonyl (C=O) groups excluding carboxylic acids is 2. The summed E-state index contributed by atoms with van der Waals surface area (Å²) in [6.45, 7) is 0.215. The van der Waals surface area contributed by atoms with Crippen LogP contribution in [0, 0.1) is 5.92 Å². The van der Waals surface area contributed by atoms with Crippen molar-refractivity contribution in [3.63, 3.8) is 0 Å². The van der Waals surface area contributed by atoms with Crippen LogP contribution in [0.2, 0.25) is 0 Å². The molecule has 0 unspecified atom stereocenters. The van der Waals surface area contributed by atoms with Gasteiger partial charge in [0.15, 0.2) is 0 Å². The fourth-order valence-corrected chi connectivity index (χ4v) is 4.19. The third kappa shape index (κ3) is 3.95. The summed E-state index contributed by atoms with van der Waals surface area (Å²) in [6.07, 6.45) is 5.35. The van der Waals surface area contributed by atoms with E-state index in [1.807, 2.05) is 12.1 Å². The maximum absolute atomic E-state index is 12.5. The van der Waals surface area contributed by atoms with Crippen LogP contribution in [-0.4, -0.2) is 49.6 Å². The van der Waals surface area contributed by atoms with E-state index in [-0.39, 0.29) is 24.5 Å². The number of fused-ring (bicyclic) bond motifs is 1. The number of amides is 1. The molecule has 1 saturated heterocycles. The normalized spacial score (nSPS) is 25.9. The molecule has 1 heterocycles. The molecule has 1 saturated carbocycles. The zero-order chi connectivity index (χ0) is 17.8. The summed E-state index contributed by atoms with van der Waals surface area (Å²) in [5, 5.41) is 2.90. The average molecular weight is 346 g/mol. The highest BCUT2D eigenvalue weighted by molar-refractivity contribution is 5.92. The molecule has 6 heteroatoms. The molecule has 0 bridgehead atoms. The molecule has 0 spiro atoms. The highest BCUT2D eigenvalue weighted by Crippen LogP contribution is 2.39. The van der Waals surface area contributed by atoms with E-state index < -0.39 is 0 Å². The Hall–Kier alpha value is -2.08. The highest BCUT2D eigenvalue weighted by Gasteiger charge is 2.46. The monoisotopic (exact) mass is 346 g/mol. The van der Waals surface area contributed by atoms with Gasteiger partial charge in [0.1, 0.15) is 11.8 Å². The Morgan fingerprint density at radius 2 is 1.88 bits per heavy atom. The van der Waals surface area contributed by atoms with E-state index in [2.05, 4.69) is 10.2 Å². The lowest BCUT2D eigenvalue weighted by atomic mass is 9.85. The SMILES string of the molecule is COC(=O)[C@@H]1C[C@@H]2CCCC[C@@H]2N1CC(=O)Nc1ccc(OC)cc1. The van der Waals surface area contributed by atoms with Gasteiger partial charge in [0.05, 0.1) is 20.8 Å². The molecule has 0 aromatic heterocycles. The van der Waals surface area contributed by atoms with Gasteiger partial charge < -0.3 is 14.8 Å². The van der Waals surface area contributed by atoms with Crippen molar-refractivity contribution >= 4 is 17.6 Å². The van der Waals surface area contributed by atoms with Crippen LogP contribution >= 0.6 is 0 Å². The number of ether oxygens (including phenoxy) is 2. The van der Waals surface area contributed by atoms with Gasteiger partial charge in [-0.3, -0.25) is 14.5 Å². The van der Waals surface area contributed by atoms with Gasteiger partial charge >= 0.3 is 5.97 Å². The topological polar surface area (TPSA) is 67.9 Å². The Bertz CT molecular complexity index is 616. The molecule has 1 aromatic rings. The van der Waals surface area contributed by atoms with Crippen molar-refractivity contribution in [3.8, 4) is 5.75 Å². The van der Waals surface area contributed by atoms with Crippen LogP contribution < -0.4 is 10.1 Å². The fourth-order valence-electron chi connectivity index (χ4n) is 4.19. The predicted octanol–water partition coefficient (Wildman–Crippen LogP) is 2.44. The van der Waals surface area contributed by atoms with Crippen LogP contribution in [-0.2, 0) is 14.3 Å². The van der Waals surface area contributed by atoms with Gasteiger partial charge in [-0.05, 0) is 49.4 Å². The highest BCUT2D eigenvalue weighted by atomic mass is 16.5. The fraction of sp³-hybridized carbons (Fsp3) is 0.579. The zero-order valence-corrected chi connectivity index (χ0v) is 14.9. The summed E-state index contributed by atoms with van der Waals surface area (Å²) in [7, 11) is 3.02. The molecule has 2 fully saturated rings. The molecule has 6 nitrogen and oxygen atoms in total. The Morgan fingerprint density at radius 3 is 2.56 bits per heavy atom. The smallest absolute Gasteiger partial charge is 0.323 e. The average Bonchev–Trinajstić information content (AvgIpc) is 3.00. The number of carbonyl (C=O) groups is 2. The lowest BCUT2D eigenvalue weighted by Gasteiger charge is -2.32. The van der Waals surface area contributed by atoms with E-state index in [4.69, 9.17) is 9.47 Å². The number of nitrogens with zero attached hydrogens (tertiary/aromatic N) is 1. The largest absolute Gasteiger partial charge is 0.497 e. The molecule has 1 N–H and O–H groups in total. The lowest BCUT2D eigenvalue weighted by Crippen LogP contribution is -2.46. The van der Waals surface area contributed by atoms with Crippen LogP contribution in [0.3, 0.4) is 0 Å². The number of nitrogens with one attached hydrogen (secondary N) is 1. The third-order valence-corrected chi connectivity index (χ3v) is 5.39. The van der Waals surface area contributed by atoms with Crippen LogP contribution in [0.25, 0.3) is 0 Å². The molecular formula is C19H26N2O4. The Morgan fingerprint density at radius 1 is 1.16 bits per heavy atom. The first kappa shape index (κ1) is 17.7. The van der Waals surface area contributed by atoms with Gasteiger partial charge in [-0.15, -0.1) is 0 Å². The summed E-state index contributed by atoms with van der Waals surface area (Å²) in [4.78, 5) is 26.7. The van der Waals surface area contributed by atoms with Gasteiger partial charge in [-0.1, -0.05) is 12.8 Å². The Labute approximate surface area is 148 Å². The summed E-state index contributed by atoms with van der Waals surface area (Å²) >= 11 is 0. The maximum Gasteiger partial charge on any atom is 0.323 e. The number of benzene rings is 1. The molecule has 1 aromatic carbocycles. The number of methoxy groups -OCH3 is 2. The quantitative estimate of drug-likeness (QED) is 0.830. The molecule has 2 aliphatic rings. The maximum atomic E-state index is 12.5. The minimum atomic E-state index is -0.306. The molecule has 1 aliphatic carbocycles.